The molecule has 0 amide bonds. The van der Waals surface area contributed by atoms with E-state index in [1.165, 1.54) is 11.1 Å². The summed E-state index contributed by atoms with van der Waals surface area (Å²) in [5.41, 5.74) is 2.57. The Morgan fingerprint density at radius 1 is 1.00 bits per heavy atom. The fourth-order valence-corrected chi connectivity index (χ4v) is 2.68. The van der Waals surface area contributed by atoms with Crippen LogP contribution in [0.25, 0.3) is 0 Å². The molecule has 1 N–H and O–H groups in total. The van der Waals surface area contributed by atoms with Crippen LogP contribution in [-0.2, 0) is 6.54 Å². The average molecular weight is 369 g/mol. The summed E-state index contributed by atoms with van der Waals surface area (Å²) >= 11 is 6.99. The molecule has 94 valence electrons. The van der Waals surface area contributed by atoms with Crippen LogP contribution in [0, 0.1) is 0 Å². The summed E-state index contributed by atoms with van der Waals surface area (Å²) < 4.78 is 2.24. The fraction of sp³-hybridized carbons (Fsp3) is 0.200. The van der Waals surface area contributed by atoms with Gasteiger partial charge in [0.2, 0.25) is 0 Å². The predicted octanol–water partition coefficient (Wildman–Crippen LogP) is 5.06. The first kappa shape index (κ1) is 13.8. The minimum absolute atomic E-state index is 0.335. The van der Waals surface area contributed by atoms with Crippen molar-refractivity contribution in [1.82, 2.24) is 5.32 Å². The van der Waals surface area contributed by atoms with Crippen LogP contribution in [0.5, 0.6) is 0 Å². The molecule has 18 heavy (non-hydrogen) atoms. The van der Waals surface area contributed by atoms with Gasteiger partial charge in [-0.3, -0.25) is 0 Å². The lowest BCUT2D eigenvalue weighted by Gasteiger charge is -2.14. The molecule has 2 rings (SSSR count). The summed E-state index contributed by atoms with van der Waals surface area (Å²) in [5, 5.41) is 3.53. The number of halogens is 2. The number of hydrogen-bond donors (Lipinski definition) is 1. The van der Waals surface area contributed by atoms with Crippen molar-refractivity contribution in [3.63, 3.8) is 0 Å². The third kappa shape index (κ3) is 3.94. The highest BCUT2D eigenvalue weighted by Gasteiger charge is 2.05. The topological polar surface area (TPSA) is 12.0 Å². The lowest BCUT2D eigenvalue weighted by Crippen LogP contribution is -2.18. The van der Waals surface area contributed by atoms with E-state index in [2.05, 4.69) is 80.5 Å². The SMILES string of the molecule is C[C@H](NCc1cccc(Br)c1)c1cccc(Br)c1. The molecule has 2 aromatic rings. The molecule has 0 aliphatic heterocycles. The van der Waals surface area contributed by atoms with Crippen molar-refractivity contribution in [1.29, 1.82) is 0 Å². The smallest absolute Gasteiger partial charge is 0.0295 e. The Labute approximate surface area is 125 Å². The fourth-order valence-electron chi connectivity index (χ4n) is 1.81. The van der Waals surface area contributed by atoms with Gasteiger partial charge in [-0.25, -0.2) is 0 Å². The van der Waals surface area contributed by atoms with E-state index >= 15 is 0 Å². The van der Waals surface area contributed by atoms with Crippen LogP contribution in [0.2, 0.25) is 0 Å². The molecular weight excluding hydrogens is 354 g/mol. The second-order valence-electron chi connectivity index (χ2n) is 4.29. The minimum atomic E-state index is 0.335. The van der Waals surface area contributed by atoms with Gasteiger partial charge in [-0.1, -0.05) is 56.1 Å². The second kappa shape index (κ2) is 6.50. The lowest BCUT2D eigenvalue weighted by atomic mass is 10.1. The Kier molecular flexibility index (Phi) is 4.98. The van der Waals surface area contributed by atoms with E-state index in [1.807, 2.05) is 12.1 Å². The zero-order valence-corrected chi connectivity index (χ0v) is 13.3. The maximum atomic E-state index is 3.53. The van der Waals surface area contributed by atoms with Crippen molar-refractivity contribution in [3.05, 3.63) is 68.6 Å². The highest BCUT2D eigenvalue weighted by molar-refractivity contribution is 9.10. The van der Waals surface area contributed by atoms with Gasteiger partial charge >= 0.3 is 0 Å². The normalized spacial score (nSPS) is 12.4. The highest BCUT2D eigenvalue weighted by Crippen LogP contribution is 2.18. The third-order valence-electron chi connectivity index (χ3n) is 2.85. The third-order valence-corrected chi connectivity index (χ3v) is 3.84. The number of benzene rings is 2. The Morgan fingerprint density at radius 3 is 2.33 bits per heavy atom. The predicted molar refractivity (Wildman–Crippen MR) is 83.5 cm³/mol. The Bertz CT molecular complexity index is 525. The van der Waals surface area contributed by atoms with Crippen molar-refractivity contribution >= 4 is 31.9 Å². The Hall–Kier alpha value is -0.640. The van der Waals surface area contributed by atoms with Crippen molar-refractivity contribution in [2.45, 2.75) is 19.5 Å². The summed E-state index contributed by atoms with van der Waals surface area (Å²) in [6.45, 7) is 3.05. The molecule has 0 radical (unpaired) electrons. The van der Waals surface area contributed by atoms with E-state index < -0.39 is 0 Å². The molecule has 0 aromatic heterocycles. The Balaban J connectivity index is 1.98. The van der Waals surface area contributed by atoms with Crippen molar-refractivity contribution in [2.75, 3.05) is 0 Å². The molecular formula is C15H15Br2N. The highest BCUT2D eigenvalue weighted by atomic mass is 79.9. The number of hydrogen-bond acceptors (Lipinski definition) is 1. The second-order valence-corrected chi connectivity index (χ2v) is 6.12. The first-order valence-electron chi connectivity index (χ1n) is 5.88. The summed E-state index contributed by atoms with van der Waals surface area (Å²) in [4.78, 5) is 0. The first-order chi connectivity index (χ1) is 8.65. The van der Waals surface area contributed by atoms with E-state index in [1.54, 1.807) is 0 Å². The van der Waals surface area contributed by atoms with Crippen molar-refractivity contribution in [2.24, 2.45) is 0 Å². The van der Waals surface area contributed by atoms with E-state index in [0.29, 0.717) is 6.04 Å². The maximum Gasteiger partial charge on any atom is 0.0295 e. The quantitative estimate of drug-likeness (QED) is 0.794. The monoisotopic (exact) mass is 367 g/mol. The zero-order valence-electron chi connectivity index (χ0n) is 10.2. The standard InChI is InChI=1S/C15H15Br2N/c1-11(13-5-3-7-15(17)9-13)18-10-12-4-2-6-14(16)8-12/h2-9,11,18H,10H2,1H3/t11-/m0/s1. The molecule has 3 heteroatoms. The van der Waals surface area contributed by atoms with Gasteiger partial charge in [0, 0.05) is 21.5 Å². The molecule has 0 saturated heterocycles. The minimum Gasteiger partial charge on any atom is -0.306 e. The Morgan fingerprint density at radius 2 is 1.67 bits per heavy atom. The molecule has 0 unspecified atom stereocenters. The van der Waals surface area contributed by atoms with Crippen LogP contribution in [0.1, 0.15) is 24.1 Å². The van der Waals surface area contributed by atoms with Gasteiger partial charge in [-0.15, -0.1) is 0 Å². The molecule has 0 bridgehead atoms. The number of nitrogens with one attached hydrogen (secondary N) is 1. The van der Waals surface area contributed by atoms with Gasteiger partial charge in [-0.05, 0) is 42.3 Å². The van der Waals surface area contributed by atoms with E-state index in [9.17, 15) is 0 Å². The van der Waals surface area contributed by atoms with Crippen LogP contribution in [0.3, 0.4) is 0 Å². The van der Waals surface area contributed by atoms with Crippen molar-refractivity contribution < 1.29 is 0 Å². The van der Waals surface area contributed by atoms with Gasteiger partial charge in [0.25, 0.3) is 0 Å². The zero-order chi connectivity index (χ0) is 13.0. The van der Waals surface area contributed by atoms with E-state index in [-0.39, 0.29) is 0 Å². The van der Waals surface area contributed by atoms with Gasteiger partial charge in [0.15, 0.2) is 0 Å². The lowest BCUT2D eigenvalue weighted by molar-refractivity contribution is 0.574. The summed E-state index contributed by atoms with van der Waals surface area (Å²) in [7, 11) is 0. The molecule has 0 aliphatic rings. The molecule has 0 aliphatic carbocycles. The molecule has 0 fully saturated rings. The van der Waals surface area contributed by atoms with Crippen LogP contribution in [-0.4, -0.2) is 0 Å². The van der Waals surface area contributed by atoms with Gasteiger partial charge in [0.05, 0.1) is 0 Å². The maximum absolute atomic E-state index is 3.53. The molecule has 0 saturated carbocycles. The molecule has 0 spiro atoms. The summed E-state index contributed by atoms with van der Waals surface area (Å²) in [5.74, 6) is 0. The average Bonchev–Trinajstić information content (AvgIpc) is 2.36. The van der Waals surface area contributed by atoms with Crippen LogP contribution in [0.15, 0.2) is 57.5 Å². The van der Waals surface area contributed by atoms with Gasteiger partial charge < -0.3 is 5.32 Å². The van der Waals surface area contributed by atoms with E-state index in [4.69, 9.17) is 0 Å². The molecule has 1 atom stereocenters. The van der Waals surface area contributed by atoms with Crippen LogP contribution in [0.4, 0.5) is 0 Å². The van der Waals surface area contributed by atoms with E-state index in [0.717, 1.165) is 15.5 Å². The molecule has 2 aromatic carbocycles. The largest absolute Gasteiger partial charge is 0.306 e. The van der Waals surface area contributed by atoms with Crippen LogP contribution < -0.4 is 5.32 Å². The molecule has 0 heterocycles. The van der Waals surface area contributed by atoms with Gasteiger partial charge in [0.1, 0.15) is 0 Å². The number of rotatable bonds is 4. The first-order valence-corrected chi connectivity index (χ1v) is 7.47. The molecule has 1 nitrogen and oxygen atoms in total. The van der Waals surface area contributed by atoms with Gasteiger partial charge in [-0.2, -0.15) is 0 Å². The van der Waals surface area contributed by atoms with Crippen molar-refractivity contribution in [3.8, 4) is 0 Å². The van der Waals surface area contributed by atoms with Crippen LogP contribution >= 0.6 is 31.9 Å². The summed E-state index contributed by atoms with van der Waals surface area (Å²) in [6, 6.07) is 17.1. The summed E-state index contributed by atoms with van der Waals surface area (Å²) in [6.07, 6.45) is 0.